The molecule has 1 heterocycles. The summed E-state index contributed by atoms with van der Waals surface area (Å²) in [4.78, 5) is 13.9. The van der Waals surface area contributed by atoms with Crippen LogP contribution in [-0.4, -0.2) is 15.8 Å². The van der Waals surface area contributed by atoms with E-state index in [1.165, 1.54) is 6.41 Å². The molecule has 0 unspecified atom stereocenters. The third-order valence-electron chi connectivity index (χ3n) is 1.13. The summed E-state index contributed by atoms with van der Waals surface area (Å²) in [6.07, 6.45) is 3.17. The Kier molecular flexibility index (Phi) is 2.86. The first kappa shape index (κ1) is 8.01. The Labute approximate surface area is 69.7 Å². The van der Waals surface area contributed by atoms with E-state index in [0.717, 1.165) is 10.1 Å². The van der Waals surface area contributed by atoms with Gasteiger partial charge in [0.2, 0.25) is 0 Å². The molecule has 0 fully saturated rings. The molecular formula is C7H6ClN2O. The van der Waals surface area contributed by atoms with E-state index in [-0.39, 0.29) is 6.54 Å². The van der Waals surface area contributed by atoms with Gasteiger partial charge in [0.25, 0.3) is 0 Å². The second kappa shape index (κ2) is 3.93. The minimum Gasteiger partial charge on any atom is -0.262 e. The Bertz CT molecular complexity index is 227. The van der Waals surface area contributed by atoms with Gasteiger partial charge in [0.15, 0.2) is 0 Å². The number of aromatic nitrogens is 1. The molecule has 0 N–H and O–H groups in total. The van der Waals surface area contributed by atoms with Crippen molar-refractivity contribution in [2.24, 2.45) is 0 Å². The molecule has 1 amide bonds. The lowest BCUT2D eigenvalue weighted by atomic mass is 10.3. The highest BCUT2D eigenvalue weighted by Gasteiger charge is 1.99. The van der Waals surface area contributed by atoms with Crippen LogP contribution in [0.4, 0.5) is 0 Å². The maximum atomic E-state index is 9.95. The van der Waals surface area contributed by atoms with Crippen molar-refractivity contribution in [2.75, 3.05) is 0 Å². The number of rotatable bonds is 3. The van der Waals surface area contributed by atoms with E-state index in [0.29, 0.717) is 0 Å². The fraction of sp³-hybridized carbons (Fsp3) is 0.143. The Hall–Kier alpha value is -1.09. The van der Waals surface area contributed by atoms with Crippen LogP contribution in [0.5, 0.6) is 0 Å². The van der Waals surface area contributed by atoms with Crippen LogP contribution < -0.4 is 0 Å². The zero-order chi connectivity index (χ0) is 8.10. The third kappa shape index (κ3) is 2.55. The molecule has 0 aromatic carbocycles. The highest BCUT2D eigenvalue weighted by molar-refractivity contribution is 6.18. The quantitative estimate of drug-likeness (QED) is 0.502. The molecule has 0 saturated heterocycles. The van der Waals surface area contributed by atoms with Crippen molar-refractivity contribution in [3.05, 3.63) is 30.1 Å². The van der Waals surface area contributed by atoms with Gasteiger partial charge < -0.3 is 0 Å². The largest absolute Gasteiger partial charge is 0.328 e. The minimum absolute atomic E-state index is 0.284. The van der Waals surface area contributed by atoms with Crippen LogP contribution in [-0.2, 0) is 11.3 Å². The Morgan fingerprint density at radius 1 is 1.64 bits per heavy atom. The average Bonchev–Trinajstić information content (AvgIpc) is 2.06. The van der Waals surface area contributed by atoms with E-state index in [1.807, 2.05) is 6.07 Å². The molecule has 0 atom stereocenters. The molecule has 1 rings (SSSR count). The summed E-state index contributed by atoms with van der Waals surface area (Å²) in [5, 5.41) is 0. The maximum absolute atomic E-state index is 9.95. The van der Waals surface area contributed by atoms with Gasteiger partial charge in [0, 0.05) is 18.0 Å². The van der Waals surface area contributed by atoms with Crippen LogP contribution in [0.3, 0.4) is 0 Å². The predicted octanol–water partition coefficient (Wildman–Crippen LogP) is 1.10. The van der Waals surface area contributed by atoms with Crippen molar-refractivity contribution in [1.29, 1.82) is 0 Å². The van der Waals surface area contributed by atoms with Gasteiger partial charge in [-0.05, 0) is 12.1 Å². The number of carbonyl (C=O) groups excluding carboxylic acids is 1. The molecule has 0 saturated carbocycles. The van der Waals surface area contributed by atoms with Crippen LogP contribution in [0.25, 0.3) is 0 Å². The normalized spacial score (nSPS) is 9.18. The summed E-state index contributed by atoms with van der Waals surface area (Å²) >= 11 is 5.37. The summed E-state index contributed by atoms with van der Waals surface area (Å²) in [7, 11) is 0. The van der Waals surface area contributed by atoms with Crippen LogP contribution in [0.1, 0.15) is 5.69 Å². The lowest BCUT2D eigenvalue weighted by Crippen LogP contribution is -2.09. The fourth-order valence-electron chi connectivity index (χ4n) is 0.666. The molecule has 4 heteroatoms. The molecule has 0 aliphatic rings. The lowest BCUT2D eigenvalue weighted by molar-refractivity contribution is 0.493. The standard InChI is InChI=1S/C7H6ClN2O/c8-10(6-11)5-7-3-1-2-4-9-7/h1-4H,5H2. The van der Waals surface area contributed by atoms with E-state index < -0.39 is 0 Å². The first-order valence-electron chi connectivity index (χ1n) is 3.04. The Balaban J connectivity index is 2.57. The van der Waals surface area contributed by atoms with Crippen molar-refractivity contribution in [3.63, 3.8) is 0 Å². The van der Waals surface area contributed by atoms with Gasteiger partial charge in [-0.1, -0.05) is 6.07 Å². The van der Waals surface area contributed by atoms with E-state index in [9.17, 15) is 4.79 Å². The van der Waals surface area contributed by atoms with E-state index >= 15 is 0 Å². The van der Waals surface area contributed by atoms with Crippen molar-refractivity contribution >= 4 is 18.2 Å². The van der Waals surface area contributed by atoms with E-state index in [4.69, 9.17) is 11.8 Å². The summed E-state index contributed by atoms with van der Waals surface area (Å²) in [5.74, 6) is 0. The zero-order valence-electron chi connectivity index (χ0n) is 5.70. The summed E-state index contributed by atoms with van der Waals surface area (Å²) in [5.41, 5.74) is 0.742. The highest BCUT2D eigenvalue weighted by Crippen LogP contribution is 2.00. The van der Waals surface area contributed by atoms with Crippen LogP contribution in [0.15, 0.2) is 24.4 Å². The lowest BCUT2D eigenvalue weighted by Gasteiger charge is -2.03. The monoisotopic (exact) mass is 169 g/mol. The van der Waals surface area contributed by atoms with Gasteiger partial charge in [0.1, 0.15) is 0 Å². The van der Waals surface area contributed by atoms with Gasteiger partial charge in [-0.15, -0.1) is 0 Å². The Morgan fingerprint density at radius 3 is 3.00 bits per heavy atom. The minimum atomic E-state index is 0.284. The molecular weight excluding hydrogens is 164 g/mol. The second-order valence-electron chi connectivity index (χ2n) is 1.93. The molecule has 0 aliphatic carbocycles. The smallest absolute Gasteiger partial charge is 0.262 e. The molecule has 0 bridgehead atoms. The molecule has 3 nitrogen and oxygen atoms in total. The molecule has 1 radical (unpaired) electrons. The number of pyridine rings is 1. The van der Waals surface area contributed by atoms with Gasteiger partial charge in [-0.3, -0.25) is 9.78 Å². The molecule has 57 valence electrons. The molecule has 1 aromatic rings. The van der Waals surface area contributed by atoms with Crippen LogP contribution in [0.2, 0.25) is 0 Å². The summed E-state index contributed by atoms with van der Waals surface area (Å²) in [6, 6.07) is 5.41. The van der Waals surface area contributed by atoms with Crippen LogP contribution >= 0.6 is 11.8 Å². The van der Waals surface area contributed by atoms with Gasteiger partial charge >= 0.3 is 6.41 Å². The molecule has 1 aromatic heterocycles. The fourth-order valence-corrected chi connectivity index (χ4v) is 0.789. The summed E-state index contributed by atoms with van der Waals surface area (Å²) in [6.45, 7) is 0.284. The SMILES string of the molecule is O=[C]N(Cl)Cc1ccccn1. The number of hydrogen-bond donors (Lipinski definition) is 0. The number of halogens is 1. The van der Waals surface area contributed by atoms with Gasteiger partial charge in [0.05, 0.1) is 12.2 Å². The molecule has 11 heavy (non-hydrogen) atoms. The predicted molar refractivity (Wildman–Crippen MR) is 41.3 cm³/mol. The van der Waals surface area contributed by atoms with Gasteiger partial charge in [-0.25, -0.2) is 4.42 Å². The number of hydrogen-bond acceptors (Lipinski definition) is 2. The zero-order valence-corrected chi connectivity index (χ0v) is 6.45. The second-order valence-corrected chi connectivity index (χ2v) is 2.34. The van der Waals surface area contributed by atoms with E-state index in [1.54, 1.807) is 18.3 Å². The molecule has 0 spiro atoms. The topological polar surface area (TPSA) is 33.2 Å². The number of nitrogens with zero attached hydrogens (tertiary/aromatic N) is 2. The number of amides is 1. The average molecular weight is 170 g/mol. The van der Waals surface area contributed by atoms with Crippen molar-refractivity contribution in [2.45, 2.75) is 6.54 Å². The highest BCUT2D eigenvalue weighted by atomic mass is 35.5. The van der Waals surface area contributed by atoms with Crippen molar-refractivity contribution < 1.29 is 4.79 Å². The van der Waals surface area contributed by atoms with Crippen molar-refractivity contribution in [3.8, 4) is 0 Å². The van der Waals surface area contributed by atoms with Crippen LogP contribution in [0, 0.1) is 0 Å². The first-order valence-corrected chi connectivity index (χ1v) is 3.38. The maximum Gasteiger partial charge on any atom is 0.328 e. The van der Waals surface area contributed by atoms with Gasteiger partial charge in [-0.2, -0.15) is 0 Å². The third-order valence-corrected chi connectivity index (χ3v) is 1.31. The Morgan fingerprint density at radius 2 is 2.45 bits per heavy atom. The summed E-state index contributed by atoms with van der Waals surface area (Å²) < 4.78 is 0.891. The van der Waals surface area contributed by atoms with E-state index in [2.05, 4.69) is 4.98 Å². The van der Waals surface area contributed by atoms with Crippen molar-refractivity contribution in [1.82, 2.24) is 9.40 Å². The molecule has 0 aliphatic heterocycles. The first-order chi connectivity index (χ1) is 5.33.